The van der Waals surface area contributed by atoms with Gasteiger partial charge < -0.3 is 19.7 Å². The molecule has 0 bridgehead atoms. The number of anilines is 1. The normalized spacial score (nSPS) is 15.4. The summed E-state index contributed by atoms with van der Waals surface area (Å²) in [5.74, 6) is -2.17. The number of esters is 1. The molecule has 0 spiro atoms. The van der Waals surface area contributed by atoms with Crippen LogP contribution in [0.3, 0.4) is 0 Å². The zero-order valence-corrected chi connectivity index (χ0v) is 18.0. The number of aromatic nitrogens is 1. The fourth-order valence-electron chi connectivity index (χ4n) is 2.73. The predicted molar refractivity (Wildman–Crippen MR) is 104 cm³/mol. The molecule has 1 fully saturated rings. The fourth-order valence-corrected chi connectivity index (χ4v) is 2.95. The van der Waals surface area contributed by atoms with E-state index >= 15 is 0 Å². The molecule has 0 aromatic carbocycles. The molecule has 2 amide bonds. The number of halogens is 4. The lowest BCUT2D eigenvalue weighted by Gasteiger charge is -2.32. The van der Waals surface area contributed by atoms with Crippen LogP contribution >= 0.6 is 11.6 Å². The maximum atomic E-state index is 12.6. The molecule has 1 aliphatic heterocycles. The molecule has 12 heteroatoms. The number of hydrogen-bond donors (Lipinski definition) is 1. The molecule has 1 N–H and O–H groups in total. The number of carbonyl (C=O) groups excluding carboxylic acids is 3. The topological polar surface area (TPSA) is 97.8 Å². The molecule has 0 atom stereocenters. The minimum atomic E-state index is -4.62. The first-order chi connectivity index (χ1) is 14.3. The number of nitrogens with one attached hydrogen (secondary N) is 1. The van der Waals surface area contributed by atoms with Crippen molar-refractivity contribution < 1.29 is 37.0 Å². The van der Waals surface area contributed by atoms with Gasteiger partial charge >= 0.3 is 18.2 Å². The lowest BCUT2D eigenvalue weighted by molar-refractivity contribution is -0.153. The van der Waals surface area contributed by atoms with Gasteiger partial charge in [-0.05, 0) is 39.7 Å². The van der Waals surface area contributed by atoms with E-state index in [1.165, 1.54) is 4.90 Å². The number of rotatable bonds is 4. The van der Waals surface area contributed by atoms with Crippen molar-refractivity contribution in [1.29, 1.82) is 0 Å². The summed E-state index contributed by atoms with van der Waals surface area (Å²) < 4.78 is 48.1. The van der Waals surface area contributed by atoms with Crippen molar-refractivity contribution in [2.45, 2.75) is 45.4 Å². The number of nitrogens with zero attached hydrogens (tertiary/aromatic N) is 2. The first-order valence-electron chi connectivity index (χ1n) is 9.43. The van der Waals surface area contributed by atoms with E-state index in [4.69, 9.17) is 21.1 Å². The van der Waals surface area contributed by atoms with Crippen LogP contribution in [0.15, 0.2) is 12.3 Å². The van der Waals surface area contributed by atoms with Crippen LogP contribution in [0.5, 0.6) is 0 Å². The van der Waals surface area contributed by atoms with E-state index in [0.717, 1.165) is 0 Å². The average Bonchev–Trinajstić information content (AvgIpc) is 2.65. The van der Waals surface area contributed by atoms with Crippen molar-refractivity contribution in [3.8, 4) is 0 Å². The molecule has 0 unspecified atom stereocenters. The Morgan fingerprint density at radius 1 is 1.23 bits per heavy atom. The Kier molecular flexibility index (Phi) is 7.74. The second-order valence-corrected chi connectivity index (χ2v) is 8.36. The lowest BCUT2D eigenvalue weighted by Crippen LogP contribution is -2.43. The van der Waals surface area contributed by atoms with Gasteiger partial charge in [0, 0.05) is 19.3 Å². The fraction of sp³-hybridized carbons (Fsp3) is 0.579. The summed E-state index contributed by atoms with van der Waals surface area (Å²) in [6, 6.07) is 0.634. The van der Waals surface area contributed by atoms with Gasteiger partial charge in [-0.3, -0.25) is 9.59 Å². The van der Waals surface area contributed by atoms with Crippen LogP contribution in [-0.2, 0) is 25.2 Å². The highest BCUT2D eigenvalue weighted by Crippen LogP contribution is 2.32. The highest BCUT2D eigenvalue weighted by atomic mass is 35.5. The maximum absolute atomic E-state index is 12.6. The molecule has 0 radical (unpaired) electrons. The van der Waals surface area contributed by atoms with Gasteiger partial charge in [0.05, 0.1) is 16.5 Å². The average molecular weight is 466 g/mol. The van der Waals surface area contributed by atoms with Crippen LogP contribution in [-0.4, -0.2) is 53.2 Å². The quantitative estimate of drug-likeness (QED) is 0.678. The Balaban J connectivity index is 1.79. The highest BCUT2D eigenvalue weighted by Gasteiger charge is 2.32. The molecule has 1 aromatic rings. The molecule has 172 valence electrons. The summed E-state index contributed by atoms with van der Waals surface area (Å²) in [4.78, 5) is 41.1. The first kappa shape index (κ1) is 24.7. The van der Waals surface area contributed by atoms with E-state index in [1.54, 1.807) is 20.8 Å². The Morgan fingerprint density at radius 3 is 2.35 bits per heavy atom. The third kappa shape index (κ3) is 7.57. The number of amides is 2. The highest BCUT2D eigenvalue weighted by molar-refractivity contribution is 6.33. The van der Waals surface area contributed by atoms with Crippen LogP contribution in [0.25, 0.3) is 0 Å². The van der Waals surface area contributed by atoms with Crippen molar-refractivity contribution in [2.24, 2.45) is 5.92 Å². The van der Waals surface area contributed by atoms with E-state index in [-0.39, 0.29) is 5.82 Å². The van der Waals surface area contributed by atoms with Gasteiger partial charge in [0.15, 0.2) is 12.4 Å². The smallest absolute Gasteiger partial charge is 0.417 e. The van der Waals surface area contributed by atoms with Crippen LogP contribution in [0.4, 0.5) is 23.8 Å². The Hall–Kier alpha value is -2.56. The molecule has 8 nitrogen and oxygen atoms in total. The third-order valence-electron chi connectivity index (χ3n) is 4.25. The Morgan fingerprint density at radius 2 is 1.84 bits per heavy atom. The van der Waals surface area contributed by atoms with Crippen LogP contribution < -0.4 is 5.32 Å². The second kappa shape index (κ2) is 9.71. The van der Waals surface area contributed by atoms with E-state index in [0.29, 0.717) is 38.2 Å². The van der Waals surface area contributed by atoms with Gasteiger partial charge in [-0.2, -0.15) is 13.2 Å². The molecule has 2 heterocycles. The van der Waals surface area contributed by atoms with Gasteiger partial charge in [0.1, 0.15) is 5.60 Å². The number of ether oxygens (including phenoxy) is 2. The first-order valence-corrected chi connectivity index (χ1v) is 9.81. The van der Waals surface area contributed by atoms with Crippen LogP contribution in [0.1, 0.15) is 39.2 Å². The zero-order valence-electron chi connectivity index (χ0n) is 17.2. The summed E-state index contributed by atoms with van der Waals surface area (Å²) in [6.45, 7) is 5.25. The molecular weight excluding hydrogens is 443 g/mol. The summed E-state index contributed by atoms with van der Waals surface area (Å²) in [5, 5.41) is 1.80. The van der Waals surface area contributed by atoms with E-state index < -0.39 is 52.9 Å². The minimum absolute atomic E-state index is 0.276. The summed E-state index contributed by atoms with van der Waals surface area (Å²) in [5.41, 5.74) is -1.68. The number of hydrogen-bond acceptors (Lipinski definition) is 6. The van der Waals surface area contributed by atoms with Crippen LogP contribution in [0, 0.1) is 5.92 Å². The summed E-state index contributed by atoms with van der Waals surface area (Å²) >= 11 is 5.72. The Bertz CT molecular complexity index is 834. The molecule has 1 aromatic heterocycles. The van der Waals surface area contributed by atoms with Gasteiger partial charge in [0.25, 0.3) is 5.91 Å². The van der Waals surface area contributed by atoms with E-state index in [1.807, 2.05) is 0 Å². The molecule has 1 aliphatic rings. The van der Waals surface area contributed by atoms with Gasteiger partial charge in [-0.15, -0.1) is 0 Å². The van der Waals surface area contributed by atoms with Crippen molar-refractivity contribution in [2.75, 3.05) is 25.0 Å². The molecule has 2 rings (SSSR count). The third-order valence-corrected chi connectivity index (χ3v) is 4.54. The van der Waals surface area contributed by atoms with Crippen molar-refractivity contribution in [1.82, 2.24) is 9.88 Å². The van der Waals surface area contributed by atoms with Gasteiger partial charge in [-0.25, -0.2) is 9.78 Å². The van der Waals surface area contributed by atoms with E-state index in [2.05, 4.69) is 10.3 Å². The molecule has 0 aliphatic carbocycles. The van der Waals surface area contributed by atoms with Crippen molar-refractivity contribution >= 4 is 35.4 Å². The molecule has 1 saturated heterocycles. The van der Waals surface area contributed by atoms with Crippen LogP contribution in [0.2, 0.25) is 5.02 Å². The maximum Gasteiger partial charge on any atom is 0.417 e. The molecular formula is C19H23ClF3N3O5. The number of alkyl halides is 3. The van der Waals surface area contributed by atoms with E-state index in [9.17, 15) is 27.6 Å². The summed E-state index contributed by atoms with van der Waals surface area (Å²) in [7, 11) is 0. The second-order valence-electron chi connectivity index (χ2n) is 7.95. The van der Waals surface area contributed by atoms with Crippen molar-refractivity contribution in [3.05, 3.63) is 22.8 Å². The number of likely N-dealkylation sites (tertiary alicyclic amines) is 1. The monoisotopic (exact) mass is 465 g/mol. The number of pyridine rings is 1. The standard InChI is InChI=1S/C19H23ClF3N3O5/c1-18(2,3)31-17(29)26-6-4-11(5-7-26)16(28)30-10-14(27)25-15-13(20)8-12(9-24-15)19(21,22)23/h8-9,11H,4-7,10H2,1-3H3,(H,24,25,27). The molecule has 0 saturated carbocycles. The molecule has 31 heavy (non-hydrogen) atoms. The van der Waals surface area contributed by atoms with Gasteiger partial charge in [-0.1, -0.05) is 11.6 Å². The van der Waals surface area contributed by atoms with Gasteiger partial charge in [0.2, 0.25) is 0 Å². The predicted octanol–water partition coefficient (Wildman–Crippen LogP) is 3.88. The minimum Gasteiger partial charge on any atom is -0.455 e. The summed E-state index contributed by atoms with van der Waals surface area (Å²) in [6.07, 6.45) is -3.84. The largest absolute Gasteiger partial charge is 0.455 e. The SMILES string of the molecule is CC(C)(C)OC(=O)N1CCC(C(=O)OCC(=O)Nc2ncc(C(F)(F)F)cc2Cl)CC1. The number of piperidine rings is 1. The number of carbonyl (C=O) groups is 3. The Labute approximate surface area is 182 Å². The lowest BCUT2D eigenvalue weighted by atomic mass is 9.97. The zero-order chi connectivity index (χ0) is 23.4. The van der Waals surface area contributed by atoms with Crippen molar-refractivity contribution in [3.63, 3.8) is 0 Å².